The van der Waals surface area contributed by atoms with Crippen LogP contribution in [0.2, 0.25) is 0 Å². The molecule has 0 saturated heterocycles. The second-order valence-corrected chi connectivity index (χ2v) is 4.74. The van der Waals surface area contributed by atoms with Crippen LogP contribution < -0.4 is 10.1 Å². The van der Waals surface area contributed by atoms with Crippen molar-refractivity contribution in [1.29, 1.82) is 0 Å². The van der Waals surface area contributed by atoms with E-state index < -0.39 is 0 Å². The molecule has 100 valence electrons. The van der Waals surface area contributed by atoms with Crippen molar-refractivity contribution in [3.05, 3.63) is 36.7 Å². The highest BCUT2D eigenvalue weighted by molar-refractivity contribution is 5.29. The van der Waals surface area contributed by atoms with Gasteiger partial charge in [-0.2, -0.15) is 4.98 Å². The van der Waals surface area contributed by atoms with Crippen molar-refractivity contribution < 1.29 is 4.74 Å². The fraction of sp³-hybridized carbons (Fsp3) is 0.429. The van der Waals surface area contributed by atoms with Gasteiger partial charge in [0.25, 0.3) is 0 Å². The molecule has 5 nitrogen and oxygen atoms in total. The van der Waals surface area contributed by atoms with Crippen molar-refractivity contribution in [3.8, 4) is 11.7 Å². The highest BCUT2D eigenvalue weighted by Gasteiger charge is 2.19. The van der Waals surface area contributed by atoms with E-state index in [9.17, 15) is 0 Å². The Labute approximate surface area is 112 Å². The van der Waals surface area contributed by atoms with E-state index >= 15 is 0 Å². The van der Waals surface area contributed by atoms with Gasteiger partial charge in [0.05, 0.1) is 12.3 Å². The maximum atomic E-state index is 5.53. The molecule has 0 aliphatic heterocycles. The average Bonchev–Trinajstić information content (AvgIpc) is 3.16. The number of benzene rings is 1. The highest BCUT2D eigenvalue weighted by Crippen LogP contribution is 2.18. The summed E-state index contributed by atoms with van der Waals surface area (Å²) in [6.07, 6.45) is 5.30. The maximum Gasteiger partial charge on any atom is 0.335 e. The molecule has 1 saturated carbocycles. The first kappa shape index (κ1) is 12.2. The van der Waals surface area contributed by atoms with E-state index in [0.29, 0.717) is 12.6 Å². The summed E-state index contributed by atoms with van der Waals surface area (Å²) in [5, 5.41) is 7.74. The molecule has 1 aliphatic carbocycles. The van der Waals surface area contributed by atoms with Crippen LogP contribution in [-0.4, -0.2) is 34.0 Å². The Hall–Kier alpha value is -1.88. The standard InChI is InChI=1S/C14H18N4O/c1-2-5-13(6-3-1)18-11-16-14(17-18)19-10-4-9-15-12-7-8-12/h1-3,5-6,11-12,15H,4,7-10H2. The van der Waals surface area contributed by atoms with Crippen molar-refractivity contribution in [1.82, 2.24) is 20.1 Å². The van der Waals surface area contributed by atoms with Crippen molar-refractivity contribution in [2.24, 2.45) is 0 Å². The lowest BCUT2D eigenvalue weighted by Crippen LogP contribution is -2.19. The summed E-state index contributed by atoms with van der Waals surface area (Å²) < 4.78 is 7.25. The lowest BCUT2D eigenvalue weighted by atomic mass is 10.3. The number of ether oxygens (including phenoxy) is 1. The number of nitrogens with one attached hydrogen (secondary N) is 1. The molecule has 2 aromatic rings. The van der Waals surface area contributed by atoms with Gasteiger partial charge in [0, 0.05) is 6.04 Å². The van der Waals surface area contributed by atoms with Crippen molar-refractivity contribution in [2.45, 2.75) is 25.3 Å². The van der Waals surface area contributed by atoms with Crippen LogP contribution >= 0.6 is 0 Å². The largest absolute Gasteiger partial charge is 0.462 e. The van der Waals surface area contributed by atoms with Crippen molar-refractivity contribution in [2.75, 3.05) is 13.2 Å². The van der Waals surface area contributed by atoms with E-state index in [0.717, 1.165) is 24.7 Å². The van der Waals surface area contributed by atoms with Gasteiger partial charge in [0.15, 0.2) is 0 Å². The van der Waals surface area contributed by atoms with Crippen LogP contribution in [0.4, 0.5) is 0 Å². The molecule has 0 spiro atoms. The molecule has 3 rings (SSSR count). The molecule has 1 aromatic carbocycles. The number of rotatable bonds is 7. The van der Waals surface area contributed by atoms with Crippen LogP contribution in [0.3, 0.4) is 0 Å². The Balaban J connectivity index is 1.45. The van der Waals surface area contributed by atoms with E-state index in [1.54, 1.807) is 11.0 Å². The van der Waals surface area contributed by atoms with E-state index in [2.05, 4.69) is 15.4 Å². The molecule has 19 heavy (non-hydrogen) atoms. The summed E-state index contributed by atoms with van der Waals surface area (Å²) >= 11 is 0. The Bertz CT molecular complexity index is 507. The van der Waals surface area contributed by atoms with Crippen LogP contribution in [0.25, 0.3) is 5.69 Å². The normalized spacial score (nSPS) is 14.5. The van der Waals surface area contributed by atoms with Gasteiger partial charge in [0.1, 0.15) is 6.33 Å². The van der Waals surface area contributed by atoms with Crippen LogP contribution in [0.5, 0.6) is 6.01 Å². The number of para-hydroxylation sites is 1. The third-order valence-corrected chi connectivity index (χ3v) is 3.05. The Kier molecular flexibility index (Phi) is 3.74. The fourth-order valence-corrected chi connectivity index (χ4v) is 1.85. The second-order valence-electron chi connectivity index (χ2n) is 4.74. The molecule has 0 unspecified atom stereocenters. The molecular formula is C14H18N4O. The van der Waals surface area contributed by atoms with Crippen LogP contribution in [0, 0.1) is 0 Å². The minimum Gasteiger partial charge on any atom is -0.462 e. The van der Waals surface area contributed by atoms with Gasteiger partial charge in [-0.25, -0.2) is 4.68 Å². The zero-order valence-corrected chi connectivity index (χ0v) is 10.8. The van der Waals surface area contributed by atoms with E-state index in [-0.39, 0.29) is 0 Å². The SMILES string of the molecule is c1ccc(-n2cnc(OCCCNC3CC3)n2)cc1. The number of aromatic nitrogens is 3. The maximum absolute atomic E-state index is 5.53. The van der Waals surface area contributed by atoms with Gasteiger partial charge >= 0.3 is 6.01 Å². The third kappa shape index (κ3) is 3.54. The Morgan fingerprint density at radius 1 is 1.26 bits per heavy atom. The second kappa shape index (κ2) is 5.84. The van der Waals surface area contributed by atoms with Crippen LogP contribution in [0.1, 0.15) is 19.3 Å². The van der Waals surface area contributed by atoms with Gasteiger partial charge in [-0.1, -0.05) is 18.2 Å². The van der Waals surface area contributed by atoms with Crippen molar-refractivity contribution in [3.63, 3.8) is 0 Å². The zero-order valence-electron chi connectivity index (χ0n) is 10.8. The summed E-state index contributed by atoms with van der Waals surface area (Å²) in [6.45, 7) is 1.66. The minimum atomic E-state index is 0.440. The number of hydrogen-bond acceptors (Lipinski definition) is 4. The van der Waals surface area contributed by atoms with Gasteiger partial charge in [0.2, 0.25) is 0 Å². The zero-order chi connectivity index (χ0) is 12.9. The fourth-order valence-electron chi connectivity index (χ4n) is 1.85. The summed E-state index contributed by atoms with van der Waals surface area (Å²) in [6, 6.07) is 11.1. The van der Waals surface area contributed by atoms with Crippen LogP contribution in [-0.2, 0) is 0 Å². The quantitative estimate of drug-likeness (QED) is 0.769. The smallest absolute Gasteiger partial charge is 0.335 e. The molecular weight excluding hydrogens is 240 g/mol. The van der Waals surface area contributed by atoms with E-state index in [1.807, 2.05) is 30.3 Å². The topological polar surface area (TPSA) is 52.0 Å². The molecule has 0 radical (unpaired) electrons. The van der Waals surface area contributed by atoms with Crippen LogP contribution in [0.15, 0.2) is 36.7 Å². The van der Waals surface area contributed by atoms with Gasteiger partial charge in [-0.3, -0.25) is 0 Å². The molecule has 0 atom stereocenters. The molecule has 0 amide bonds. The molecule has 1 N–H and O–H groups in total. The third-order valence-electron chi connectivity index (χ3n) is 3.05. The first-order valence-electron chi connectivity index (χ1n) is 6.75. The van der Waals surface area contributed by atoms with Gasteiger partial charge in [-0.15, -0.1) is 5.10 Å². The predicted molar refractivity (Wildman–Crippen MR) is 72.5 cm³/mol. The lowest BCUT2D eigenvalue weighted by Gasteiger charge is -2.03. The lowest BCUT2D eigenvalue weighted by molar-refractivity contribution is 0.284. The highest BCUT2D eigenvalue weighted by atomic mass is 16.5. The predicted octanol–water partition coefficient (Wildman–Crippen LogP) is 1.79. The minimum absolute atomic E-state index is 0.440. The van der Waals surface area contributed by atoms with E-state index in [4.69, 9.17) is 4.74 Å². The Morgan fingerprint density at radius 3 is 2.89 bits per heavy atom. The monoisotopic (exact) mass is 258 g/mol. The first-order valence-corrected chi connectivity index (χ1v) is 6.75. The molecule has 0 bridgehead atoms. The van der Waals surface area contributed by atoms with Gasteiger partial charge < -0.3 is 10.1 Å². The van der Waals surface area contributed by atoms with Crippen molar-refractivity contribution >= 4 is 0 Å². The molecule has 1 heterocycles. The summed E-state index contributed by atoms with van der Waals surface area (Å²) in [5.74, 6) is 0. The summed E-state index contributed by atoms with van der Waals surface area (Å²) in [4.78, 5) is 4.15. The number of nitrogens with zero attached hydrogens (tertiary/aromatic N) is 3. The Morgan fingerprint density at radius 2 is 2.11 bits per heavy atom. The molecule has 1 aliphatic rings. The van der Waals surface area contributed by atoms with Gasteiger partial charge in [-0.05, 0) is 37.9 Å². The molecule has 1 fully saturated rings. The molecule has 5 heteroatoms. The summed E-state index contributed by atoms with van der Waals surface area (Å²) in [7, 11) is 0. The first-order chi connectivity index (χ1) is 9.42. The average molecular weight is 258 g/mol. The molecule has 1 aromatic heterocycles. The summed E-state index contributed by atoms with van der Waals surface area (Å²) in [5.41, 5.74) is 0.986. The van der Waals surface area contributed by atoms with E-state index in [1.165, 1.54) is 12.8 Å². The number of hydrogen-bond donors (Lipinski definition) is 1.